The minimum Gasteiger partial charge on any atom is -0.373 e. The molecule has 1 aromatic heterocycles. The van der Waals surface area contributed by atoms with E-state index in [0.717, 1.165) is 102 Å². The molecule has 0 aliphatic carbocycles. The number of hydrogen-bond acceptors (Lipinski definition) is 8. The Morgan fingerprint density at radius 3 is 2.17 bits per heavy atom. The molecule has 286 valence electrons. The molecule has 7 rings (SSSR count). The Labute approximate surface area is 315 Å². The van der Waals surface area contributed by atoms with Crippen LogP contribution in [0.4, 0.5) is 16.3 Å². The number of piperidine rings is 3. The SMILES string of the molecule is CN1CCC(N(C)C(=O)Nc2cc(CN3CCC(C(=O)N4CC=C(C5c6ccccc6NC5C(=O)N(C)C5CCN(C)CC5)CC4)CC3)ccn2)CC1. The zero-order valence-corrected chi connectivity index (χ0v) is 32.2. The molecule has 3 fully saturated rings. The van der Waals surface area contributed by atoms with Crippen LogP contribution in [0.5, 0.6) is 0 Å². The summed E-state index contributed by atoms with van der Waals surface area (Å²) < 4.78 is 0. The fourth-order valence-corrected chi connectivity index (χ4v) is 9.14. The maximum absolute atomic E-state index is 14.0. The van der Waals surface area contributed by atoms with Crippen LogP contribution in [0.3, 0.4) is 0 Å². The highest BCUT2D eigenvalue weighted by Gasteiger charge is 2.42. The summed E-state index contributed by atoms with van der Waals surface area (Å²) in [5.41, 5.74) is 4.60. The molecule has 2 atom stereocenters. The van der Waals surface area contributed by atoms with Crippen molar-refractivity contribution in [2.24, 2.45) is 5.92 Å². The molecular formula is C41H59N9O3. The Morgan fingerprint density at radius 1 is 0.849 bits per heavy atom. The van der Waals surface area contributed by atoms with Crippen molar-refractivity contribution in [2.45, 2.75) is 75.5 Å². The summed E-state index contributed by atoms with van der Waals surface area (Å²) in [4.78, 5) is 58.1. The van der Waals surface area contributed by atoms with Crippen LogP contribution in [-0.4, -0.2) is 151 Å². The quantitative estimate of drug-likeness (QED) is 0.392. The number of carbonyl (C=O) groups excluding carboxylic acids is 3. The van der Waals surface area contributed by atoms with E-state index in [2.05, 4.69) is 68.7 Å². The third-order valence-corrected chi connectivity index (χ3v) is 12.7. The van der Waals surface area contributed by atoms with Gasteiger partial charge in [-0.05, 0) is 128 Å². The number of anilines is 2. The second-order valence-electron chi connectivity index (χ2n) is 16.2. The third-order valence-electron chi connectivity index (χ3n) is 12.7. The minimum atomic E-state index is -0.326. The molecule has 2 aromatic rings. The molecule has 0 spiro atoms. The molecule has 0 bridgehead atoms. The lowest BCUT2D eigenvalue weighted by atomic mass is 9.83. The Kier molecular flexibility index (Phi) is 11.7. The number of likely N-dealkylation sites (tertiary alicyclic amines) is 3. The first-order valence-corrected chi connectivity index (χ1v) is 19.8. The Hall–Kier alpha value is -4.00. The first-order valence-electron chi connectivity index (χ1n) is 19.8. The predicted molar refractivity (Wildman–Crippen MR) is 209 cm³/mol. The molecule has 2 N–H and O–H groups in total. The molecule has 2 unspecified atom stereocenters. The minimum absolute atomic E-state index is 0.0185. The fraction of sp³-hybridized carbons (Fsp3) is 0.610. The molecule has 1 aromatic carbocycles. The van der Waals surface area contributed by atoms with Gasteiger partial charge in [-0.15, -0.1) is 0 Å². The average Bonchev–Trinajstić information content (AvgIpc) is 3.57. The van der Waals surface area contributed by atoms with Gasteiger partial charge in [0.2, 0.25) is 11.8 Å². The monoisotopic (exact) mass is 725 g/mol. The van der Waals surface area contributed by atoms with Gasteiger partial charge in [0.1, 0.15) is 11.9 Å². The lowest BCUT2D eigenvalue weighted by molar-refractivity contribution is -0.137. The van der Waals surface area contributed by atoms with Gasteiger partial charge in [-0.1, -0.05) is 29.8 Å². The fourth-order valence-electron chi connectivity index (χ4n) is 9.14. The molecule has 5 aliphatic rings. The largest absolute Gasteiger partial charge is 0.373 e. The summed E-state index contributed by atoms with van der Waals surface area (Å²) in [5, 5.41) is 6.60. The van der Waals surface area contributed by atoms with Crippen LogP contribution < -0.4 is 10.6 Å². The highest BCUT2D eigenvalue weighted by Crippen LogP contribution is 2.43. The van der Waals surface area contributed by atoms with Gasteiger partial charge < -0.3 is 29.8 Å². The molecule has 0 radical (unpaired) electrons. The predicted octanol–water partition coefficient (Wildman–Crippen LogP) is 4.14. The van der Waals surface area contributed by atoms with E-state index in [4.69, 9.17) is 0 Å². The normalized spacial score (nSPS) is 23.9. The van der Waals surface area contributed by atoms with E-state index in [0.29, 0.717) is 18.9 Å². The van der Waals surface area contributed by atoms with E-state index in [9.17, 15) is 14.4 Å². The summed E-state index contributed by atoms with van der Waals surface area (Å²) in [6.45, 7) is 7.79. The second-order valence-corrected chi connectivity index (χ2v) is 16.2. The van der Waals surface area contributed by atoms with Gasteiger partial charge >= 0.3 is 6.03 Å². The van der Waals surface area contributed by atoms with Crippen molar-refractivity contribution in [3.63, 3.8) is 0 Å². The summed E-state index contributed by atoms with van der Waals surface area (Å²) in [7, 11) is 8.13. The molecule has 0 saturated carbocycles. The number of amides is 4. The molecule has 6 heterocycles. The Bertz CT molecular complexity index is 1640. The van der Waals surface area contributed by atoms with Crippen LogP contribution in [0, 0.1) is 5.92 Å². The van der Waals surface area contributed by atoms with E-state index in [1.807, 2.05) is 47.0 Å². The van der Waals surface area contributed by atoms with Crippen LogP contribution in [0.2, 0.25) is 0 Å². The van der Waals surface area contributed by atoms with Crippen LogP contribution in [-0.2, 0) is 16.1 Å². The van der Waals surface area contributed by atoms with Gasteiger partial charge in [-0.2, -0.15) is 0 Å². The number of nitrogens with one attached hydrogen (secondary N) is 2. The molecular weight excluding hydrogens is 667 g/mol. The van der Waals surface area contributed by atoms with E-state index in [1.165, 1.54) is 11.1 Å². The van der Waals surface area contributed by atoms with Gasteiger partial charge in [0, 0.05) is 69.5 Å². The van der Waals surface area contributed by atoms with Crippen LogP contribution in [0.1, 0.15) is 62.0 Å². The number of hydrogen-bond donors (Lipinski definition) is 2. The number of fused-ring (bicyclic) bond motifs is 1. The number of urea groups is 1. The van der Waals surface area contributed by atoms with Gasteiger partial charge in [0.15, 0.2) is 0 Å². The summed E-state index contributed by atoms with van der Waals surface area (Å²) >= 11 is 0. The van der Waals surface area contributed by atoms with Gasteiger partial charge in [-0.3, -0.25) is 19.8 Å². The number of rotatable bonds is 8. The summed E-state index contributed by atoms with van der Waals surface area (Å²) in [6, 6.07) is 12.4. The van der Waals surface area contributed by atoms with Crippen molar-refractivity contribution in [3.05, 3.63) is 65.4 Å². The van der Waals surface area contributed by atoms with Gasteiger partial charge in [-0.25, -0.2) is 9.78 Å². The smallest absolute Gasteiger partial charge is 0.323 e. The van der Waals surface area contributed by atoms with Gasteiger partial charge in [0.05, 0.1) is 0 Å². The maximum atomic E-state index is 14.0. The number of carbonyl (C=O) groups is 3. The number of aromatic nitrogens is 1. The summed E-state index contributed by atoms with van der Waals surface area (Å²) in [5.74, 6) is 0.995. The van der Waals surface area contributed by atoms with Gasteiger partial charge in [0.25, 0.3) is 0 Å². The maximum Gasteiger partial charge on any atom is 0.323 e. The number of benzene rings is 1. The number of para-hydroxylation sites is 1. The topological polar surface area (TPSA) is 108 Å². The molecule has 53 heavy (non-hydrogen) atoms. The Morgan fingerprint density at radius 2 is 1.51 bits per heavy atom. The van der Waals surface area contributed by atoms with E-state index in [-0.39, 0.29) is 47.8 Å². The molecule has 5 aliphatic heterocycles. The Balaban J connectivity index is 0.908. The summed E-state index contributed by atoms with van der Waals surface area (Å²) in [6.07, 6.45) is 10.4. The second kappa shape index (κ2) is 16.6. The average molecular weight is 726 g/mol. The number of pyridine rings is 1. The zero-order valence-electron chi connectivity index (χ0n) is 32.2. The lowest BCUT2D eigenvalue weighted by Gasteiger charge is -2.38. The molecule has 12 heteroatoms. The van der Waals surface area contributed by atoms with Crippen molar-refractivity contribution >= 4 is 29.4 Å². The highest BCUT2D eigenvalue weighted by molar-refractivity contribution is 5.90. The number of nitrogens with zero attached hydrogens (tertiary/aromatic N) is 7. The molecule has 4 amide bonds. The third kappa shape index (κ3) is 8.55. The van der Waals surface area contributed by atoms with Crippen molar-refractivity contribution < 1.29 is 14.4 Å². The van der Waals surface area contributed by atoms with Crippen molar-refractivity contribution in [3.8, 4) is 0 Å². The number of likely N-dealkylation sites (N-methyl/N-ethyl adjacent to an activating group) is 1. The van der Waals surface area contributed by atoms with Crippen LogP contribution in [0.15, 0.2) is 54.2 Å². The van der Waals surface area contributed by atoms with E-state index >= 15 is 0 Å². The zero-order chi connectivity index (χ0) is 37.1. The van der Waals surface area contributed by atoms with Crippen molar-refractivity contribution in [2.75, 3.05) is 91.2 Å². The van der Waals surface area contributed by atoms with E-state index < -0.39 is 0 Å². The standard InChI is InChI=1S/C41H59N9O3/c1-45-19-14-32(15-20-45)47(3)40(52)38-37(34-7-5-6-8-35(34)43-38)30-12-25-50(26-13-30)39(51)31-10-23-49(24-11-31)28-29-9-18-42-36(27-29)44-41(53)48(4)33-16-21-46(2)22-17-33/h5-9,12,18,27,31-33,37-38,43H,10-11,13-17,19-26,28H2,1-4H3,(H,42,44,53). The van der Waals surface area contributed by atoms with Crippen LogP contribution in [0.25, 0.3) is 0 Å². The van der Waals surface area contributed by atoms with E-state index in [1.54, 1.807) is 6.20 Å². The first-order chi connectivity index (χ1) is 25.6. The molecule has 12 nitrogen and oxygen atoms in total. The van der Waals surface area contributed by atoms with Crippen molar-refractivity contribution in [1.29, 1.82) is 0 Å². The first kappa shape index (κ1) is 37.3. The lowest BCUT2D eigenvalue weighted by Crippen LogP contribution is -2.50. The van der Waals surface area contributed by atoms with Crippen molar-refractivity contribution in [1.82, 2.24) is 34.4 Å². The highest BCUT2D eigenvalue weighted by atomic mass is 16.2. The molecule has 3 saturated heterocycles. The van der Waals surface area contributed by atoms with Crippen LogP contribution >= 0.6 is 0 Å².